The lowest BCUT2D eigenvalue weighted by Gasteiger charge is -2.21. The second-order valence-corrected chi connectivity index (χ2v) is 10.7. The monoisotopic (exact) mass is 542 g/mol. The fraction of sp³-hybridized carbons (Fsp3) is 0.444. The number of unbranched alkanes of at least 4 members (excludes halogenated alkanes) is 2. The van der Waals surface area contributed by atoms with E-state index in [0.717, 1.165) is 68.1 Å². The van der Waals surface area contributed by atoms with Crippen molar-refractivity contribution < 1.29 is 19.1 Å². The highest BCUT2D eigenvalue weighted by Crippen LogP contribution is 2.38. The van der Waals surface area contributed by atoms with Gasteiger partial charge >= 0.3 is 11.9 Å². The van der Waals surface area contributed by atoms with Gasteiger partial charge < -0.3 is 9.47 Å². The Morgan fingerprint density at radius 3 is 1.62 bits per heavy atom. The summed E-state index contributed by atoms with van der Waals surface area (Å²) >= 11 is 0. The topological polar surface area (TPSA) is 52.6 Å². The molecular weight excluding hydrogens is 496 g/mol. The quantitative estimate of drug-likeness (QED) is 0.169. The van der Waals surface area contributed by atoms with Crippen LogP contribution in [0.15, 0.2) is 72.8 Å². The van der Waals surface area contributed by atoms with Crippen molar-refractivity contribution in [3.63, 3.8) is 0 Å². The first-order valence-corrected chi connectivity index (χ1v) is 15.2. The molecule has 0 heterocycles. The van der Waals surface area contributed by atoms with Crippen LogP contribution in [0.5, 0.6) is 0 Å². The Kier molecular flexibility index (Phi) is 13.0. The van der Waals surface area contributed by atoms with Crippen LogP contribution in [0.1, 0.15) is 99.8 Å². The van der Waals surface area contributed by atoms with E-state index in [2.05, 4.69) is 27.7 Å². The van der Waals surface area contributed by atoms with Crippen LogP contribution in [0.25, 0.3) is 22.3 Å². The predicted octanol–water partition coefficient (Wildman–Crippen LogP) is 9.77. The minimum atomic E-state index is -0.475. The highest BCUT2D eigenvalue weighted by Gasteiger charge is 2.28. The maximum absolute atomic E-state index is 13.9. The van der Waals surface area contributed by atoms with Gasteiger partial charge in [-0.1, -0.05) is 133 Å². The first-order valence-electron chi connectivity index (χ1n) is 15.2. The summed E-state index contributed by atoms with van der Waals surface area (Å²) in [6.07, 6.45) is 8.34. The highest BCUT2D eigenvalue weighted by atomic mass is 16.5. The van der Waals surface area contributed by atoms with Gasteiger partial charge in [0, 0.05) is 5.56 Å². The number of rotatable bonds is 16. The lowest BCUT2D eigenvalue weighted by molar-refractivity contribution is 0.0382. The molecule has 2 unspecified atom stereocenters. The molecule has 40 heavy (non-hydrogen) atoms. The van der Waals surface area contributed by atoms with Gasteiger partial charge in [-0.3, -0.25) is 0 Å². The van der Waals surface area contributed by atoms with Crippen molar-refractivity contribution in [1.82, 2.24) is 0 Å². The van der Waals surface area contributed by atoms with E-state index < -0.39 is 11.9 Å². The van der Waals surface area contributed by atoms with Crippen molar-refractivity contribution in [3.05, 3.63) is 83.9 Å². The fourth-order valence-corrected chi connectivity index (χ4v) is 5.08. The van der Waals surface area contributed by atoms with Crippen molar-refractivity contribution in [1.29, 1.82) is 0 Å². The molecule has 0 aliphatic rings. The van der Waals surface area contributed by atoms with Crippen molar-refractivity contribution in [2.45, 2.75) is 79.1 Å². The Balaban J connectivity index is 2.08. The first kappa shape index (κ1) is 31.1. The van der Waals surface area contributed by atoms with Gasteiger partial charge in [0.1, 0.15) is 0 Å². The number of benzene rings is 3. The van der Waals surface area contributed by atoms with E-state index in [1.54, 1.807) is 6.07 Å². The van der Waals surface area contributed by atoms with Crippen LogP contribution in [0.3, 0.4) is 0 Å². The third-order valence-corrected chi connectivity index (χ3v) is 7.76. The summed E-state index contributed by atoms with van der Waals surface area (Å²) in [4.78, 5) is 27.5. The number of hydrogen-bond acceptors (Lipinski definition) is 4. The van der Waals surface area contributed by atoms with E-state index in [0.29, 0.717) is 30.6 Å². The summed E-state index contributed by atoms with van der Waals surface area (Å²) in [5.41, 5.74) is 3.94. The van der Waals surface area contributed by atoms with Gasteiger partial charge in [-0.15, -0.1) is 0 Å². The van der Waals surface area contributed by atoms with E-state index in [9.17, 15) is 9.59 Å². The van der Waals surface area contributed by atoms with E-state index in [1.807, 2.05) is 66.7 Å². The standard InChI is InChI=1S/C36H46O4/c1-5-9-17-27(7-3)25-39-35(37)32-24-23-31(29-19-13-11-14-20-29)33(30-21-15-12-16-22-30)34(32)36(38)40-26-28(8-4)18-10-6-2/h11-16,19-24,27-28H,5-10,17-18,25-26H2,1-4H3. The minimum Gasteiger partial charge on any atom is -0.462 e. The summed E-state index contributed by atoms with van der Waals surface area (Å²) in [5.74, 6) is -0.353. The summed E-state index contributed by atoms with van der Waals surface area (Å²) in [6.45, 7) is 9.28. The van der Waals surface area contributed by atoms with E-state index in [1.165, 1.54) is 0 Å². The zero-order valence-corrected chi connectivity index (χ0v) is 24.8. The third kappa shape index (κ3) is 8.55. The van der Waals surface area contributed by atoms with Crippen molar-refractivity contribution in [2.24, 2.45) is 11.8 Å². The van der Waals surface area contributed by atoms with Crippen LogP contribution >= 0.6 is 0 Å². The Bertz CT molecular complexity index is 1190. The maximum atomic E-state index is 13.9. The van der Waals surface area contributed by atoms with Gasteiger partial charge in [0.15, 0.2) is 0 Å². The molecule has 2 atom stereocenters. The molecule has 0 radical (unpaired) electrons. The largest absolute Gasteiger partial charge is 0.462 e. The van der Waals surface area contributed by atoms with Gasteiger partial charge in [0.05, 0.1) is 24.3 Å². The Morgan fingerprint density at radius 2 is 1.12 bits per heavy atom. The van der Waals surface area contributed by atoms with Crippen LogP contribution in [0, 0.1) is 11.8 Å². The summed E-state index contributed by atoms with van der Waals surface area (Å²) in [6, 6.07) is 23.4. The van der Waals surface area contributed by atoms with Gasteiger partial charge in [-0.25, -0.2) is 9.59 Å². The lowest BCUT2D eigenvalue weighted by Crippen LogP contribution is -2.20. The molecular formula is C36H46O4. The molecule has 0 spiro atoms. The Hall–Kier alpha value is -3.40. The zero-order valence-electron chi connectivity index (χ0n) is 24.8. The summed E-state index contributed by atoms with van der Waals surface area (Å²) < 4.78 is 11.8. The van der Waals surface area contributed by atoms with Crippen LogP contribution in [-0.4, -0.2) is 25.2 Å². The van der Waals surface area contributed by atoms with Crippen LogP contribution in [-0.2, 0) is 9.47 Å². The van der Waals surface area contributed by atoms with Gasteiger partial charge in [-0.05, 0) is 47.4 Å². The molecule has 4 nitrogen and oxygen atoms in total. The lowest BCUT2D eigenvalue weighted by atomic mass is 9.87. The molecule has 0 saturated heterocycles. The minimum absolute atomic E-state index is 0.260. The molecule has 0 aliphatic carbocycles. The number of carbonyl (C=O) groups excluding carboxylic acids is 2. The Labute approximate surface area is 241 Å². The van der Waals surface area contributed by atoms with Gasteiger partial charge in [0.2, 0.25) is 0 Å². The third-order valence-electron chi connectivity index (χ3n) is 7.76. The molecule has 0 N–H and O–H groups in total. The summed E-state index contributed by atoms with van der Waals surface area (Å²) in [7, 11) is 0. The van der Waals surface area contributed by atoms with Crippen LogP contribution in [0.4, 0.5) is 0 Å². The summed E-state index contributed by atoms with van der Waals surface area (Å²) in [5, 5.41) is 0. The first-order chi connectivity index (χ1) is 19.5. The highest BCUT2D eigenvalue weighted by molar-refractivity contribution is 6.10. The number of ether oxygens (including phenoxy) is 2. The molecule has 214 valence electrons. The van der Waals surface area contributed by atoms with Gasteiger partial charge in [0.25, 0.3) is 0 Å². The second kappa shape index (κ2) is 16.6. The molecule has 0 aromatic heterocycles. The molecule has 0 amide bonds. The molecule has 3 aromatic rings. The number of hydrogen-bond donors (Lipinski definition) is 0. The zero-order chi connectivity index (χ0) is 28.7. The Morgan fingerprint density at radius 1 is 0.625 bits per heavy atom. The molecule has 0 bridgehead atoms. The van der Waals surface area contributed by atoms with E-state index in [4.69, 9.17) is 9.47 Å². The molecule has 0 fully saturated rings. The SMILES string of the molecule is CCCCC(CC)COC(=O)c1ccc(-c2ccccc2)c(-c2ccccc2)c1C(=O)OCC(CC)CCCC. The average molecular weight is 543 g/mol. The van der Waals surface area contributed by atoms with Gasteiger partial charge in [-0.2, -0.15) is 0 Å². The van der Waals surface area contributed by atoms with Crippen molar-refractivity contribution >= 4 is 11.9 Å². The van der Waals surface area contributed by atoms with Crippen LogP contribution < -0.4 is 0 Å². The molecule has 0 aliphatic heterocycles. The van der Waals surface area contributed by atoms with Crippen molar-refractivity contribution in [2.75, 3.05) is 13.2 Å². The number of esters is 2. The van der Waals surface area contributed by atoms with Crippen LogP contribution in [0.2, 0.25) is 0 Å². The smallest absolute Gasteiger partial charge is 0.339 e. The molecule has 3 rings (SSSR count). The fourth-order valence-electron chi connectivity index (χ4n) is 5.08. The predicted molar refractivity (Wildman–Crippen MR) is 164 cm³/mol. The molecule has 4 heteroatoms. The second-order valence-electron chi connectivity index (χ2n) is 10.7. The molecule has 3 aromatic carbocycles. The maximum Gasteiger partial charge on any atom is 0.339 e. The average Bonchev–Trinajstić information content (AvgIpc) is 3.01. The van der Waals surface area contributed by atoms with Crippen molar-refractivity contribution in [3.8, 4) is 22.3 Å². The van der Waals surface area contributed by atoms with E-state index >= 15 is 0 Å². The molecule has 0 saturated carbocycles. The number of carbonyl (C=O) groups is 2. The van der Waals surface area contributed by atoms with E-state index in [-0.39, 0.29) is 11.1 Å². The normalized spacial score (nSPS) is 12.5.